The number of carbonyl (C=O) groups is 1. The van der Waals surface area contributed by atoms with Crippen molar-refractivity contribution in [2.24, 2.45) is 0 Å². The van der Waals surface area contributed by atoms with Crippen LogP contribution in [-0.4, -0.2) is 35.6 Å². The Kier molecular flexibility index (Phi) is 4.60. The molecule has 2 heterocycles. The van der Waals surface area contributed by atoms with Crippen molar-refractivity contribution in [2.45, 2.75) is 45.3 Å². The van der Waals surface area contributed by atoms with Gasteiger partial charge < -0.3 is 19.2 Å². The first-order chi connectivity index (χ1) is 11.9. The van der Waals surface area contributed by atoms with Gasteiger partial charge in [-0.15, -0.1) is 0 Å². The Balaban J connectivity index is 1.90. The summed E-state index contributed by atoms with van der Waals surface area (Å²) in [5.74, 6) is 1.29. The number of hydrogen-bond acceptors (Lipinski definition) is 4. The lowest BCUT2D eigenvalue weighted by molar-refractivity contribution is -0.0178. The van der Waals surface area contributed by atoms with Crippen LogP contribution in [0.1, 0.15) is 47.0 Å². The molecule has 3 rings (SSSR count). The molecule has 1 fully saturated rings. The van der Waals surface area contributed by atoms with Gasteiger partial charge in [0, 0.05) is 12.1 Å². The van der Waals surface area contributed by atoms with Crippen molar-refractivity contribution in [3.8, 4) is 5.75 Å². The molecule has 0 radical (unpaired) electrons. The second-order valence-corrected chi connectivity index (χ2v) is 6.88. The van der Waals surface area contributed by atoms with Crippen molar-refractivity contribution in [3.63, 3.8) is 0 Å². The van der Waals surface area contributed by atoms with Gasteiger partial charge in [0.15, 0.2) is 0 Å². The highest BCUT2D eigenvalue weighted by Gasteiger charge is 2.43. The minimum atomic E-state index is -1.13. The molecule has 1 aliphatic rings. The van der Waals surface area contributed by atoms with Crippen molar-refractivity contribution >= 4 is 5.91 Å². The van der Waals surface area contributed by atoms with Crippen LogP contribution >= 0.6 is 0 Å². The van der Waals surface area contributed by atoms with E-state index < -0.39 is 5.60 Å². The zero-order valence-electron chi connectivity index (χ0n) is 15.2. The van der Waals surface area contributed by atoms with Crippen LogP contribution in [0.5, 0.6) is 5.75 Å². The summed E-state index contributed by atoms with van der Waals surface area (Å²) in [4.78, 5) is 14.9. The fraction of sp³-hybridized carbons (Fsp3) is 0.450. The van der Waals surface area contributed by atoms with E-state index in [1.807, 2.05) is 31.2 Å². The first-order valence-corrected chi connectivity index (χ1v) is 8.58. The van der Waals surface area contributed by atoms with E-state index in [1.165, 1.54) is 0 Å². The molecule has 1 amide bonds. The third kappa shape index (κ3) is 3.04. The van der Waals surface area contributed by atoms with E-state index >= 15 is 0 Å². The summed E-state index contributed by atoms with van der Waals surface area (Å²) in [5, 5.41) is 11.2. The smallest absolute Gasteiger partial charge is 0.258 e. The van der Waals surface area contributed by atoms with Crippen molar-refractivity contribution in [1.82, 2.24) is 4.90 Å². The van der Waals surface area contributed by atoms with Crippen LogP contribution in [0.4, 0.5) is 0 Å². The van der Waals surface area contributed by atoms with Crippen LogP contribution < -0.4 is 4.74 Å². The number of hydrogen-bond donors (Lipinski definition) is 1. The number of carbonyl (C=O) groups excluding carboxylic acids is 1. The van der Waals surface area contributed by atoms with E-state index in [2.05, 4.69) is 0 Å². The van der Waals surface area contributed by atoms with Gasteiger partial charge in [0.1, 0.15) is 17.1 Å². The number of ether oxygens (including phenoxy) is 1. The molecule has 2 aromatic rings. The summed E-state index contributed by atoms with van der Waals surface area (Å²) in [7, 11) is 1.61. The molecule has 1 saturated heterocycles. The topological polar surface area (TPSA) is 62.9 Å². The van der Waals surface area contributed by atoms with Crippen LogP contribution in [0, 0.1) is 13.8 Å². The maximum atomic E-state index is 13.1. The average Bonchev–Trinajstić information content (AvgIpc) is 3.22. The summed E-state index contributed by atoms with van der Waals surface area (Å²) in [6, 6.07) is 7.09. The molecule has 0 bridgehead atoms. The minimum Gasteiger partial charge on any atom is -0.497 e. The van der Waals surface area contributed by atoms with Gasteiger partial charge in [-0.2, -0.15) is 0 Å². The van der Waals surface area contributed by atoms with E-state index in [1.54, 1.807) is 32.1 Å². The Morgan fingerprint density at radius 1 is 1.32 bits per heavy atom. The summed E-state index contributed by atoms with van der Waals surface area (Å²) in [6.45, 7) is 6.09. The fourth-order valence-corrected chi connectivity index (χ4v) is 3.75. The molecule has 25 heavy (non-hydrogen) atoms. The zero-order valence-corrected chi connectivity index (χ0v) is 15.2. The van der Waals surface area contributed by atoms with Gasteiger partial charge in [0.25, 0.3) is 5.91 Å². The lowest BCUT2D eigenvalue weighted by Gasteiger charge is -2.37. The number of likely N-dealkylation sites (tertiary alicyclic amines) is 1. The number of aliphatic hydroxyl groups is 1. The summed E-state index contributed by atoms with van der Waals surface area (Å²) in [6.07, 6.45) is 3.24. The molecular formula is C20H25NO4. The Morgan fingerprint density at radius 3 is 2.56 bits per heavy atom. The third-order valence-corrected chi connectivity index (χ3v) is 5.21. The quantitative estimate of drug-likeness (QED) is 0.924. The third-order valence-electron chi connectivity index (χ3n) is 5.21. The van der Waals surface area contributed by atoms with E-state index in [0.29, 0.717) is 17.9 Å². The van der Waals surface area contributed by atoms with Crippen LogP contribution in [0.3, 0.4) is 0 Å². The second kappa shape index (κ2) is 6.56. The number of methoxy groups -OCH3 is 1. The minimum absolute atomic E-state index is 0.0694. The van der Waals surface area contributed by atoms with Crippen LogP contribution in [0.15, 0.2) is 34.9 Å². The average molecular weight is 343 g/mol. The zero-order chi connectivity index (χ0) is 18.2. The van der Waals surface area contributed by atoms with Crippen molar-refractivity contribution in [3.05, 3.63) is 53.0 Å². The van der Waals surface area contributed by atoms with Gasteiger partial charge >= 0.3 is 0 Å². The first-order valence-electron chi connectivity index (χ1n) is 8.58. The Morgan fingerprint density at radius 2 is 2.00 bits per heavy atom. The molecule has 1 aromatic carbocycles. The second-order valence-electron chi connectivity index (χ2n) is 6.88. The molecule has 2 atom stereocenters. The number of amides is 1. The number of furan rings is 1. The van der Waals surface area contributed by atoms with Gasteiger partial charge in [0.2, 0.25) is 0 Å². The van der Waals surface area contributed by atoms with Gasteiger partial charge in [-0.05, 0) is 51.3 Å². The molecule has 1 aromatic heterocycles. The highest BCUT2D eigenvalue weighted by Crippen LogP contribution is 2.36. The van der Waals surface area contributed by atoms with Gasteiger partial charge in [0.05, 0.1) is 25.0 Å². The number of aryl methyl sites for hydroxylation is 2. The lowest BCUT2D eigenvalue weighted by Crippen LogP contribution is -2.48. The maximum absolute atomic E-state index is 13.1. The Hall–Kier alpha value is -2.27. The highest BCUT2D eigenvalue weighted by atomic mass is 16.5. The summed E-state index contributed by atoms with van der Waals surface area (Å²) >= 11 is 0. The van der Waals surface area contributed by atoms with E-state index in [4.69, 9.17) is 9.15 Å². The Bertz CT molecular complexity index is 741. The number of rotatable bonds is 4. The highest BCUT2D eigenvalue weighted by molar-refractivity contribution is 5.97. The maximum Gasteiger partial charge on any atom is 0.258 e. The molecule has 1 N–H and O–H groups in total. The van der Waals surface area contributed by atoms with E-state index in [9.17, 15) is 9.90 Å². The van der Waals surface area contributed by atoms with Crippen molar-refractivity contribution in [2.75, 3.05) is 13.7 Å². The van der Waals surface area contributed by atoms with Gasteiger partial charge in [-0.3, -0.25) is 4.79 Å². The molecule has 0 aliphatic carbocycles. The normalized spacial score (nSPS) is 19.7. The van der Waals surface area contributed by atoms with E-state index in [0.717, 1.165) is 29.7 Å². The van der Waals surface area contributed by atoms with Crippen molar-refractivity contribution < 1.29 is 19.1 Å². The molecule has 1 aliphatic heterocycles. The molecule has 5 nitrogen and oxygen atoms in total. The molecule has 0 spiro atoms. The molecule has 5 heteroatoms. The largest absolute Gasteiger partial charge is 0.497 e. The number of nitrogens with zero attached hydrogens (tertiary/aromatic N) is 1. The fourth-order valence-electron chi connectivity index (χ4n) is 3.75. The Labute approximate surface area is 148 Å². The standard InChI is InChI=1S/C20H25NO4/c1-13-12-25-14(2)18(13)19(22)21-11-5-6-17(21)20(3,23)15-7-9-16(24-4)10-8-15/h7-10,12,17,23H,5-6,11H2,1-4H3/t17-,20-/m1/s1. The van der Waals surface area contributed by atoms with Crippen LogP contribution in [0.2, 0.25) is 0 Å². The van der Waals surface area contributed by atoms with Crippen LogP contribution in [-0.2, 0) is 5.60 Å². The first kappa shape index (κ1) is 17.5. The van der Waals surface area contributed by atoms with Gasteiger partial charge in [-0.25, -0.2) is 0 Å². The molecule has 0 unspecified atom stereocenters. The SMILES string of the molecule is COc1ccc([C@@](C)(O)[C@H]2CCCN2C(=O)c2c(C)coc2C)cc1. The molecular weight excluding hydrogens is 318 g/mol. The van der Waals surface area contributed by atoms with E-state index in [-0.39, 0.29) is 11.9 Å². The molecule has 0 saturated carbocycles. The van der Waals surface area contributed by atoms with Crippen LogP contribution in [0.25, 0.3) is 0 Å². The summed E-state index contributed by atoms with van der Waals surface area (Å²) in [5.41, 5.74) is 1.08. The number of benzene rings is 1. The predicted octanol–water partition coefficient (Wildman–Crippen LogP) is 3.42. The predicted molar refractivity (Wildman–Crippen MR) is 94.8 cm³/mol. The molecule has 134 valence electrons. The summed E-state index contributed by atoms with van der Waals surface area (Å²) < 4.78 is 10.6. The lowest BCUT2D eigenvalue weighted by atomic mass is 9.86. The monoisotopic (exact) mass is 343 g/mol. The van der Waals surface area contributed by atoms with Crippen molar-refractivity contribution in [1.29, 1.82) is 0 Å². The van der Waals surface area contributed by atoms with Gasteiger partial charge in [-0.1, -0.05) is 12.1 Å².